The Balaban J connectivity index is 1.28. The average molecular weight is 354 g/mol. The average Bonchev–Trinajstić information content (AvgIpc) is 3.32. The van der Waals surface area contributed by atoms with Crippen LogP contribution in [0.1, 0.15) is 40.9 Å². The Labute approximate surface area is 153 Å². The Morgan fingerprint density at radius 1 is 1.23 bits per heavy atom. The largest absolute Gasteiger partial charge is 0.365 e. The van der Waals surface area contributed by atoms with Gasteiger partial charge in [-0.25, -0.2) is 4.98 Å². The van der Waals surface area contributed by atoms with E-state index in [9.17, 15) is 4.79 Å². The predicted octanol–water partition coefficient (Wildman–Crippen LogP) is 1.33. The summed E-state index contributed by atoms with van der Waals surface area (Å²) in [6, 6.07) is 4.29. The number of amides is 1. The summed E-state index contributed by atoms with van der Waals surface area (Å²) in [5.41, 5.74) is 8.19. The standard InChI is InChI=1S/C19H26N6O/c20-19(26)16-13-23-25-8-5-14(9-17(16)25)10-21-11-15-3-4-18(22-12-15)24-6-1-2-7-24/h3-4,12-14,21H,1-2,5-11H2,(H2,20,26)/t14-/m1/s1. The SMILES string of the molecule is NC(=O)c1cnn2c1C[C@H](CNCc1ccc(N3CCCC3)nc1)CC2. The number of aryl methyl sites for hydroxylation is 1. The maximum absolute atomic E-state index is 11.5. The van der Waals surface area contributed by atoms with Crippen molar-refractivity contribution in [2.75, 3.05) is 24.5 Å². The summed E-state index contributed by atoms with van der Waals surface area (Å²) in [7, 11) is 0. The van der Waals surface area contributed by atoms with E-state index >= 15 is 0 Å². The van der Waals surface area contributed by atoms with Gasteiger partial charge in [-0.05, 0) is 49.8 Å². The van der Waals surface area contributed by atoms with Gasteiger partial charge < -0.3 is 16.0 Å². The number of anilines is 1. The minimum atomic E-state index is -0.385. The first-order valence-corrected chi connectivity index (χ1v) is 9.46. The molecule has 0 spiro atoms. The minimum absolute atomic E-state index is 0.385. The van der Waals surface area contributed by atoms with Crippen LogP contribution in [0.25, 0.3) is 0 Å². The van der Waals surface area contributed by atoms with Crippen molar-refractivity contribution in [1.29, 1.82) is 0 Å². The van der Waals surface area contributed by atoms with Crippen molar-refractivity contribution in [1.82, 2.24) is 20.1 Å². The van der Waals surface area contributed by atoms with E-state index in [1.165, 1.54) is 18.4 Å². The number of pyridine rings is 1. The molecule has 4 heterocycles. The summed E-state index contributed by atoms with van der Waals surface area (Å²) in [5, 5.41) is 7.80. The molecule has 2 aliphatic rings. The fourth-order valence-corrected chi connectivity index (χ4v) is 3.95. The van der Waals surface area contributed by atoms with E-state index < -0.39 is 0 Å². The zero-order chi connectivity index (χ0) is 17.9. The lowest BCUT2D eigenvalue weighted by atomic mass is 9.94. The monoisotopic (exact) mass is 354 g/mol. The van der Waals surface area contributed by atoms with Gasteiger partial charge in [0.1, 0.15) is 5.82 Å². The van der Waals surface area contributed by atoms with Crippen molar-refractivity contribution in [2.24, 2.45) is 11.7 Å². The number of carbonyl (C=O) groups is 1. The maximum Gasteiger partial charge on any atom is 0.252 e. The van der Waals surface area contributed by atoms with Crippen LogP contribution in [0.2, 0.25) is 0 Å². The fraction of sp³-hybridized carbons (Fsp3) is 0.526. The summed E-state index contributed by atoms with van der Waals surface area (Å²) in [6.45, 7) is 4.82. The molecule has 3 N–H and O–H groups in total. The van der Waals surface area contributed by atoms with E-state index in [2.05, 4.69) is 32.4 Å². The fourth-order valence-electron chi connectivity index (χ4n) is 3.95. The van der Waals surface area contributed by atoms with Crippen molar-refractivity contribution < 1.29 is 4.79 Å². The molecule has 7 heteroatoms. The molecule has 2 aliphatic heterocycles. The number of fused-ring (bicyclic) bond motifs is 1. The lowest BCUT2D eigenvalue weighted by Gasteiger charge is -2.24. The molecule has 2 aromatic heterocycles. The van der Waals surface area contributed by atoms with E-state index in [0.717, 1.165) is 57.1 Å². The van der Waals surface area contributed by atoms with Gasteiger partial charge in [0.05, 0.1) is 17.5 Å². The summed E-state index contributed by atoms with van der Waals surface area (Å²) in [4.78, 5) is 18.5. The van der Waals surface area contributed by atoms with Gasteiger partial charge in [0, 0.05) is 32.4 Å². The molecular weight excluding hydrogens is 328 g/mol. The van der Waals surface area contributed by atoms with E-state index in [1.54, 1.807) is 6.20 Å². The third-order valence-corrected chi connectivity index (χ3v) is 5.45. The molecule has 7 nitrogen and oxygen atoms in total. The van der Waals surface area contributed by atoms with Gasteiger partial charge in [0.2, 0.25) is 0 Å². The van der Waals surface area contributed by atoms with Crippen molar-refractivity contribution in [3.05, 3.63) is 41.3 Å². The van der Waals surface area contributed by atoms with Gasteiger partial charge in [0.25, 0.3) is 5.91 Å². The Kier molecular flexibility index (Phi) is 4.88. The molecule has 0 aromatic carbocycles. The first kappa shape index (κ1) is 17.0. The molecule has 0 radical (unpaired) electrons. The van der Waals surface area contributed by atoms with Crippen LogP contribution in [0.15, 0.2) is 24.5 Å². The second-order valence-corrected chi connectivity index (χ2v) is 7.30. The van der Waals surface area contributed by atoms with Crippen LogP contribution in [0.3, 0.4) is 0 Å². The van der Waals surface area contributed by atoms with Crippen molar-refractivity contribution in [2.45, 2.75) is 38.8 Å². The zero-order valence-corrected chi connectivity index (χ0v) is 15.0. The number of nitrogens with one attached hydrogen (secondary N) is 1. The summed E-state index contributed by atoms with van der Waals surface area (Å²) in [5.74, 6) is 1.20. The molecule has 0 bridgehead atoms. The number of carbonyl (C=O) groups excluding carboxylic acids is 1. The number of rotatable bonds is 6. The highest BCUT2D eigenvalue weighted by Gasteiger charge is 2.24. The quantitative estimate of drug-likeness (QED) is 0.817. The molecular formula is C19H26N6O. The maximum atomic E-state index is 11.5. The van der Waals surface area contributed by atoms with Gasteiger partial charge in [-0.1, -0.05) is 6.07 Å². The van der Waals surface area contributed by atoms with E-state index in [4.69, 9.17) is 5.73 Å². The Morgan fingerprint density at radius 3 is 2.81 bits per heavy atom. The molecule has 138 valence electrons. The summed E-state index contributed by atoms with van der Waals surface area (Å²) in [6.07, 6.45) is 8.01. The normalized spacial score (nSPS) is 19.5. The van der Waals surface area contributed by atoms with E-state index in [0.29, 0.717) is 11.5 Å². The van der Waals surface area contributed by atoms with Crippen LogP contribution in [0, 0.1) is 5.92 Å². The van der Waals surface area contributed by atoms with Crippen LogP contribution in [-0.4, -0.2) is 40.3 Å². The minimum Gasteiger partial charge on any atom is -0.365 e. The van der Waals surface area contributed by atoms with Gasteiger partial charge in [0.15, 0.2) is 0 Å². The van der Waals surface area contributed by atoms with E-state index in [-0.39, 0.29) is 5.91 Å². The predicted molar refractivity (Wildman–Crippen MR) is 99.9 cm³/mol. The second kappa shape index (κ2) is 7.45. The van der Waals surface area contributed by atoms with Crippen molar-refractivity contribution >= 4 is 11.7 Å². The van der Waals surface area contributed by atoms with Crippen LogP contribution in [-0.2, 0) is 19.5 Å². The molecule has 1 atom stereocenters. The molecule has 0 aliphatic carbocycles. The van der Waals surface area contributed by atoms with Gasteiger partial charge >= 0.3 is 0 Å². The van der Waals surface area contributed by atoms with E-state index in [1.807, 2.05) is 10.9 Å². The first-order valence-electron chi connectivity index (χ1n) is 9.46. The Morgan fingerprint density at radius 2 is 2.08 bits per heavy atom. The van der Waals surface area contributed by atoms with Gasteiger partial charge in [-0.2, -0.15) is 5.10 Å². The topological polar surface area (TPSA) is 89.1 Å². The number of nitrogens with zero attached hydrogens (tertiary/aromatic N) is 4. The molecule has 1 fully saturated rings. The highest BCUT2D eigenvalue weighted by Crippen LogP contribution is 2.22. The molecule has 0 saturated carbocycles. The van der Waals surface area contributed by atoms with Crippen LogP contribution in [0.5, 0.6) is 0 Å². The number of primary amides is 1. The molecule has 1 saturated heterocycles. The highest BCUT2D eigenvalue weighted by molar-refractivity contribution is 5.93. The van der Waals surface area contributed by atoms with Crippen molar-refractivity contribution in [3.63, 3.8) is 0 Å². The zero-order valence-electron chi connectivity index (χ0n) is 15.0. The second-order valence-electron chi connectivity index (χ2n) is 7.30. The van der Waals surface area contributed by atoms with Crippen LogP contribution < -0.4 is 16.0 Å². The molecule has 4 rings (SSSR count). The third kappa shape index (κ3) is 3.58. The molecule has 1 amide bonds. The van der Waals surface area contributed by atoms with Gasteiger partial charge in [-0.15, -0.1) is 0 Å². The number of aromatic nitrogens is 3. The smallest absolute Gasteiger partial charge is 0.252 e. The molecule has 2 aromatic rings. The lowest BCUT2D eigenvalue weighted by Crippen LogP contribution is -2.30. The molecule has 0 unspecified atom stereocenters. The Hall–Kier alpha value is -2.41. The summed E-state index contributed by atoms with van der Waals surface area (Å²) < 4.78 is 1.91. The molecule has 26 heavy (non-hydrogen) atoms. The number of hydrogen-bond acceptors (Lipinski definition) is 5. The Bertz CT molecular complexity index is 763. The van der Waals surface area contributed by atoms with Crippen LogP contribution in [0.4, 0.5) is 5.82 Å². The highest BCUT2D eigenvalue weighted by atomic mass is 16.1. The third-order valence-electron chi connectivity index (χ3n) is 5.45. The first-order chi connectivity index (χ1) is 12.7. The summed E-state index contributed by atoms with van der Waals surface area (Å²) >= 11 is 0. The van der Waals surface area contributed by atoms with Gasteiger partial charge in [-0.3, -0.25) is 9.48 Å². The van der Waals surface area contributed by atoms with Crippen molar-refractivity contribution in [3.8, 4) is 0 Å². The lowest BCUT2D eigenvalue weighted by molar-refractivity contribution is 0.0998. The number of hydrogen-bond donors (Lipinski definition) is 2. The number of nitrogens with two attached hydrogens (primary N) is 1. The van der Waals surface area contributed by atoms with Crippen LogP contribution >= 0.6 is 0 Å².